The second-order valence-corrected chi connectivity index (χ2v) is 4.43. The monoisotopic (exact) mass is 162 g/mol. The molecule has 1 aromatic rings. The topological polar surface area (TPSA) is 0 Å². The highest BCUT2D eigenvalue weighted by atomic mass is 15.3. The molecule has 0 aliphatic rings. The summed E-state index contributed by atoms with van der Waals surface area (Å²) in [6, 6.07) is 8.76. The summed E-state index contributed by atoms with van der Waals surface area (Å²) in [5.74, 6) is 0. The summed E-state index contributed by atoms with van der Waals surface area (Å²) in [5.41, 5.74) is 2.74. The van der Waals surface area contributed by atoms with E-state index in [1.165, 1.54) is 11.0 Å². The van der Waals surface area contributed by atoms with Crippen molar-refractivity contribution in [1.29, 1.82) is 0 Å². The zero-order chi connectivity index (χ0) is 9.19. The first-order valence-electron chi connectivity index (χ1n) is 4.33. The van der Waals surface area contributed by atoms with Crippen molar-refractivity contribution in [2.24, 2.45) is 0 Å². The quantitative estimate of drug-likeness (QED) is 0.429. The molecule has 0 bridgehead atoms. The van der Waals surface area contributed by atoms with Gasteiger partial charge in [-0.05, 0) is 0 Å². The van der Waals surface area contributed by atoms with Gasteiger partial charge in [0.1, 0.15) is 14.4 Å². The van der Waals surface area contributed by atoms with Gasteiger partial charge >= 0.3 is 0 Å². The summed E-state index contributed by atoms with van der Waals surface area (Å²) in [6.07, 6.45) is 0. The Balaban J connectivity index is 2.71. The summed E-state index contributed by atoms with van der Waals surface area (Å²) in [7, 11) is 8.75. The molecule has 0 aliphatic heterocycles. The van der Waals surface area contributed by atoms with Crippen LogP contribution in [0.1, 0.15) is 5.56 Å². The summed E-state index contributed by atoms with van der Waals surface area (Å²) < 4.78 is 0.989. The van der Waals surface area contributed by atoms with Crippen LogP contribution in [0.2, 0.25) is 0 Å². The standard InChI is InChI=1S/C10H17BN/c1-12(2,3)8-9-4-6-10(11)7-5-9/h4-7H,8,11H2,1-3H3/q+1. The second kappa shape index (κ2) is 3.32. The van der Waals surface area contributed by atoms with Crippen molar-refractivity contribution in [3.05, 3.63) is 29.8 Å². The largest absolute Gasteiger partial charge is 0.327 e. The van der Waals surface area contributed by atoms with Crippen LogP contribution in [0.5, 0.6) is 0 Å². The lowest BCUT2D eigenvalue weighted by Crippen LogP contribution is -2.33. The lowest BCUT2D eigenvalue weighted by Gasteiger charge is -2.23. The molecular formula is C10H17BN+. The molecule has 0 atom stereocenters. The Morgan fingerprint density at radius 3 is 2.00 bits per heavy atom. The summed E-state index contributed by atoms with van der Waals surface area (Å²) in [5, 5.41) is 0. The average Bonchev–Trinajstić information content (AvgIpc) is 1.91. The van der Waals surface area contributed by atoms with E-state index in [1.807, 2.05) is 0 Å². The van der Waals surface area contributed by atoms with E-state index in [1.54, 1.807) is 0 Å². The first-order chi connectivity index (χ1) is 5.47. The first-order valence-corrected chi connectivity index (χ1v) is 4.33. The van der Waals surface area contributed by atoms with Gasteiger partial charge in [0.15, 0.2) is 0 Å². The minimum absolute atomic E-state index is 0.989. The molecule has 1 aromatic carbocycles. The van der Waals surface area contributed by atoms with Gasteiger partial charge in [-0.25, -0.2) is 0 Å². The minimum Gasteiger partial charge on any atom is -0.327 e. The molecule has 0 fully saturated rings. The zero-order valence-electron chi connectivity index (χ0n) is 8.46. The third kappa shape index (κ3) is 3.10. The fourth-order valence-electron chi connectivity index (χ4n) is 1.24. The number of rotatable bonds is 2. The third-order valence-corrected chi connectivity index (χ3v) is 1.78. The molecule has 1 nitrogen and oxygen atoms in total. The van der Waals surface area contributed by atoms with E-state index in [-0.39, 0.29) is 0 Å². The smallest absolute Gasteiger partial charge is 0.139 e. The van der Waals surface area contributed by atoms with Gasteiger partial charge in [-0.3, -0.25) is 0 Å². The molecule has 1 rings (SSSR count). The molecular weight excluding hydrogens is 145 g/mol. The van der Waals surface area contributed by atoms with Gasteiger partial charge in [-0.2, -0.15) is 0 Å². The number of benzene rings is 1. The Kier molecular flexibility index (Phi) is 2.58. The van der Waals surface area contributed by atoms with Gasteiger partial charge < -0.3 is 4.48 Å². The van der Waals surface area contributed by atoms with Crippen molar-refractivity contribution in [2.75, 3.05) is 21.1 Å². The molecule has 64 valence electrons. The maximum Gasteiger partial charge on any atom is 0.139 e. The van der Waals surface area contributed by atoms with Crippen molar-refractivity contribution in [3.8, 4) is 0 Å². The van der Waals surface area contributed by atoms with Crippen molar-refractivity contribution in [3.63, 3.8) is 0 Å². The van der Waals surface area contributed by atoms with Crippen LogP contribution in [-0.4, -0.2) is 33.5 Å². The van der Waals surface area contributed by atoms with Crippen molar-refractivity contribution >= 4 is 13.3 Å². The normalized spacial score (nSPS) is 11.6. The van der Waals surface area contributed by atoms with E-state index in [4.69, 9.17) is 0 Å². The van der Waals surface area contributed by atoms with Crippen molar-refractivity contribution < 1.29 is 4.48 Å². The van der Waals surface area contributed by atoms with E-state index in [2.05, 4.69) is 53.3 Å². The lowest BCUT2D eigenvalue weighted by molar-refractivity contribution is -0.884. The highest BCUT2D eigenvalue weighted by molar-refractivity contribution is 6.32. The average molecular weight is 162 g/mol. The third-order valence-electron chi connectivity index (χ3n) is 1.78. The van der Waals surface area contributed by atoms with Crippen LogP contribution >= 0.6 is 0 Å². The van der Waals surface area contributed by atoms with Gasteiger partial charge in [0, 0.05) is 5.56 Å². The van der Waals surface area contributed by atoms with Gasteiger partial charge in [-0.1, -0.05) is 29.7 Å². The minimum atomic E-state index is 0.989. The predicted molar refractivity (Wildman–Crippen MR) is 56.4 cm³/mol. The number of hydrogen-bond acceptors (Lipinski definition) is 0. The predicted octanol–water partition coefficient (Wildman–Crippen LogP) is 0.151. The molecule has 0 N–H and O–H groups in total. The van der Waals surface area contributed by atoms with E-state index < -0.39 is 0 Å². The Labute approximate surface area is 76.0 Å². The molecule has 0 aliphatic carbocycles. The Morgan fingerprint density at radius 1 is 1.08 bits per heavy atom. The van der Waals surface area contributed by atoms with Gasteiger partial charge in [0.05, 0.1) is 21.1 Å². The maximum atomic E-state index is 2.21. The van der Waals surface area contributed by atoms with Crippen LogP contribution in [0.25, 0.3) is 0 Å². The SMILES string of the molecule is Bc1ccc(C[N+](C)(C)C)cc1. The molecule has 0 amide bonds. The fraction of sp³-hybridized carbons (Fsp3) is 0.400. The van der Waals surface area contributed by atoms with E-state index in [0.717, 1.165) is 11.0 Å². The summed E-state index contributed by atoms with van der Waals surface area (Å²) in [4.78, 5) is 0. The van der Waals surface area contributed by atoms with E-state index in [0.29, 0.717) is 0 Å². The first kappa shape index (κ1) is 9.33. The Hall–Kier alpha value is -0.755. The Morgan fingerprint density at radius 2 is 1.58 bits per heavy atom. The van der Waals surface area contributed by atoms with Gasteiger partial charge in [0.2, 0.25) is 0 Å². The molecule has 0 saturated heterocycles. The van der Waals surface area contributed by atoms with Crippen LogP contribution < -0.4 is 5.46 Å². The van der Waals surface area contributed by atoms with Crippen molar-refractivity contribution in [2.45, 2.75) is 6.54 Å². The van der Waals surface area contributed by atoms with Crippen molar-refractivity contribution in [1.82, 2.24) is 0 Å². The molecule has 0 heterocycles. The molecule has 0 saturated carbocycles. The lowest BCUT2D eigenvalue weighted by atomic mass is 9.95. The molecule has 0 aromatic heterocycles. The molecule has 0 spiro atoms. The van der Waals surface area contributed by atoms with Gasteiger partial charge in [0.25, 0.3) is 0 Å². The fourth-order valence-corrected chi connectivity index (χ4v) is 1.24. The van der Waals surface area contributed by atoms with Crippen LogP contribution in [0.15, 0.2) is 24.3 Å². The van der Waals surface area contributed by atoms with Crippen LogP contribution in [0, 0.1) is 0 Å². The maximum absolute atomic E-state index is 2.21. The number of quaternary nitrogens is 1. The summed E-state index contributed by atoms with van der Waals surface area (Å²) in [6.45, 7) is 1.10. The van der Waals surface area contributed by atoms with Crippen LogP contribution in [0.4, 0.5) is 0 Å². The Bertz CT molecular complexity index is 246. The number of nitrogens with zero attached hydrogens (tertiary/aromatic N) is 1. The second-order valence-electron chi connectivity index (χ2n) is 4.43. The van der Waals surface area contributed by atoms with E-state index in [9.17, 15) is 0 Å². The molecule has 0 radical (unpaired) electrons. The molecule has 12 heavy (non-hydrogen) atoms. The molecule has 2 heteroatoms. The van der Waals surface area contributed by atoms with E-state index >= 15 is 0 Å². The molecule has 0 unspecified atom stereocenters. The highest BCUT2D eigenvalue weighted by Crippen LogP contribution is 2.04. The van der Waals surface area contributed by atoms with Gasteiger partial charge in [-0.15, -0.1) is 0 Å². The number of hydrogen-bond donors (Lipinski definition) is 0. The van der Waals surface area contributed by atoms with Crippen LogP contribution in [0.3, 0.4) is 0 Å². The highest BCUT2D eigenvalue weighted by Gasteiger charge is 2.07. The summed E-state index contributed by atoms with van der Waals surface area (Å²) >= 11 is 0. The van der Waals surface area contributed by atoms with Crippen LogP contribution in [-0.2, 0) is 6.54 Å². The zero-order valence-corrected chi connectivity index (χ0v) is 8.46.